The highest BCUT2D eigenvalue weighted by molar-refractivity contribution is 5.66. The molecule has 0 bridgehead atoms. The summed E-state index contributed by atoms with van der Waals surface area (Å²) in [6, 6.07) is 0. The lowest BCUT2D eigenvalue weighted by Gasteiger charge is -1.99. The Balaban J connectivity index is 1.12. The van der Waals surface area contributed by atoms with Crippen LogP contribution in [0.25, 0.3) is 0 Å². The van der Waals surface area contributed by atoms with Gasteiger partial charge in [0, 0.05) is 19.3 Å². The molecule has 0 amide bonds. The molecule has 0 radical (unpaired) electrons. The summed E-state index contributed by atoms with van der Waals surface area (Å²) in [7, 11) is 0. The van der Waals surface area contributed by atoms with Gasteiger partial charge in [0.2, 0.25) is 0 Å². The van der Waals surface area contributed by atoms with Gasteiger partial charge in [-0.2, -0.15) is 0 Å². The summed E-state index contributed by atoms with van der Waals surface area (Å²) in [6.45, 7) is 2.27. The van der Waals surface area contributed by atoms with E-state index in [-0.39, 0.29) is 6.42 Å². The van der Waals surface area contributed by atoms with Crippen LogP contribution in [-0.4, -0.2) is 47.7 Å². The first-order chi connectivity index (χ1) is 14.2. The lowest BCUT2D eigenvalue weighted by Crippen LogP contribution is -2.05. The second kappa shape index (κ2) is 12.1. The maximum absolute atomic E-state index is 10.5. The molecule has 3 rings (SSSR count). The van der Waals surface area contributed by atoms with Crippen LogP contribution in [0.5, 0.6) is 0 Å². The monoisotopic (exact) mass is 408 g/mol. The normalized spacial score (nSPS) is 32.6. The Morgan fingerprint density at radius 2 is 1.34 bits per heavy atom. The molecule has 6 unspecified atom stereocenters. The minimum absolute atomic E-state index is 0.248. The molecule has 166 valence electrons. The van der Waals surface area contributed by atoms with Crippen LogP contribution in [-0.2, 0) is 19.0 Å². The Bertz CT molecular complexity index is 519. The van der Waals surface area contributed by atoms with Crippen LogP contribution >= 0.6 is 0 Å². The van der Waals surface area contributed by atoms with E-state index >= 15 is 0 Å². The van der Waals surface area contributed by atoms with E-state index in [1.807, 2.05) is 0 Å². The third-order valence-electron chi connectivity index (χ3n) is 6.38. The molecule has 0 aromatic heterocycles. The molecular weight excluding hydrogens is 368 g/mol. The summed E-state index contributed by atoms with van der Waals surface area (Å²) >= 11 is 0. The number of hydrogen-bond donors (Lipinski definition) is 1. The summed E-state index contributed by atoms with van der Waals surface area (Å²) < 4.78 is 17.4. The van der Waals surface area contributed by atoms with Gasteiger partial charge in [-0.1, -0.05) is 64.0 Å². The molecule has 0 aromatic carbocycles. The van der Waals surface area contributed by atoms with E-state index in [0.717, 1.165) is 25.7 Å². The predicted molar refractivity (Wildman–Crippen MR) is 113 cm³/mol. The molecular formula is C24H40O5. The third-order valence-corrected chi connectivity index (χ3v) is 6.38. The molecule has 0 spiro atoms. The van der Waals surface area contributed by atoms with Crippen LogP contribution in [0.3, 0.4) is 0 Å². The third kappa shape index (κ3) is 9.18. The van der Waals surface area contributed by atoms with E-state index in [2.05, 4.69) is 19.1 Å². The fourth-order valence-electron chi connectivity index (χ4n) is 4.31. The number of carbonyl (C=O) groups is 1. The molecule has 3 saturated heterocycles. The first kappa shape index (κ1) is 22.8. The van der Waals surface area contributed by atoms with Crippen molar-refractivity contribution in [1.82, 2.24) is 0 Å². The highest BCUT2D eigenvalue weighted by Crippen LogP contribution is 2.42. The van der Waals surface area contributed by atoms with Crippen molar-refractivity contribution in [3.05, 3.63) is 12.2 Å². The van der Waals surface area contributed by atoms with Crippen molar-refractivity contribution >= 4 is 5.97 Å². The summed E-state index contributed by atoms with van der Waals surface area (Å²) in [5.41, 5.74) is 0. The number of epoxide rings is 3. The van der Waals surface area contributed by atoms with Gasteiger partial charge in [0.05, 0.1) is 36.6 Å². The maximum atomic E-state index is 10.5. The fraction of sp³-hybridized carbons (Fsp3) is 0.875. The number of unbranched alkanes of at least 4 members (excludes halogenated alkanes) is 7. The van der Waals surface area contributed by atoms with Crippen molar-refractivity contribution in [3.8, 4) is 0 Å². The van der Waals surface area contributed by atoms with Crippen molar-refractivity contribution < 1.29 is 24.1 Å². The zero-order valence-electron chi connectivity index (χ0n) is 18.1. The Kier molecular flexibility index (Phi) is 9.47. The van der Waals surface area contributed by atoms with Crippen LogP contribution in [0.2, 0.25) is 0 Å². The Morgan fingerprint density at radius 1 is 0.759 bits per heavy atom. The first-order valence-electron chi connectivity index (χ1n) is 12.0. The minimum atomic E-state index is -0.719. The molecule has 0 aromatic rings. The Morgan fingerprint density at radius 3 is 2.07 bits per heavy atom. The van der Waals surface area contributed by atoms with E-state index in [1.54, 1.807) is 0 Å². The summed E-state index contributed by atoms with van der Waals surface area (Å²) in [5, 5.41) is 8.60. The van der Waals surface area contributed by atoms with Gasteiger partial charge in [0.25, 0.3) is 0 Å². The largest absolute Gasteiger partial charge is 0.481 e. The molecule has 5 nitrogen and oxygen atoms in total. The highest BCUT2D eigenvalue weighted by Gasteiger charge is 2.51. The number of ether oxygens (including phenoxy) is 3. The number of carboxylic acids is 1. The molecule has 3 fully saturated rings. The number of rotatable bonds is 18. The molecule has 3 heterocycles. The van der Waals surface area contributed by atoms with Gasteiger partial charge in [0.1, 0.15) is 0 Å². The van der Waals surface area contributed by atoms with Gasteiger partial charge in [-0.15, -0.1) is 0 Å². The topological polar surface area (TPSA) is 74.9 Å². The standard InChI is InChI=1S/C24H40O5/c1-2-3-4-5-6-7-10-13-18-20(27-18)16-22-23(29-22)17-21-19(28-21)14-11-8-9-12-15-24(25)26/h8,11,18-23H,2-7,9-10,12-17H2,1H3,(H,25,26). The Hall–Kier alpha value is -0.910. The van der Waals surface area contributed by atoms with E-state index in [4.69, 9.17) is 19.3 Å². The Labute approximate surface area is 176 Å². The molecule has 0 saturated carbocycles. The van der Waals surface area contributed by atoms with E-state index in [0.29, 0.717) is 43.0 Å². The molecule has 6 atom stereocenters. The lowest BCUT2D eigenvalue weighted by atomic mass is 10.0. The molecule has 3 aliphatic heterocycles. The zero-order valence-corrected chi connectivity index (χ0v) is 18.1. The number of hydrogen-bond acceptors (Lipinski definition) is 4. The number of aliphatic carboxylic acids is 1. The number of allylic oxidation sites excluding steroid dienone is 1. The molecule has 1 N–H and O–H groups in total. The second-order valence-electron chi connectivity index (χ2n) is 9.01. The van der Waals surface area contributed by atoms with E-state index in [1.165, 1.54) is 51.4 Å². The second-order valence-corrected chi connectivity index (χ2v) is 9.01. The summed E-state index contributed by atoms with van der Waals surface area (Å²) in [4.78, 5) is 10.5. The van der Waals surface area contributed by atoms with Gasteiger partial charge in [-0.25, -0.2) is 0 Å². The molecule has 29 heavy (non-hydrogen) atoms. The average Bonchev–Trinajstić information content (AvgIpc) is 3.60. The van der Waals surface area contributed by atoms with Crippen LogP contribution in [0.15, 0.2) is 12.2 Å². The van der Waals surface area contributed by atoms with Crippen molar-refractivity contribution in [2.24, 2.45) is 0 Å². The number of carboxylic acid groups (broad SMARTS) is 1. The maximum Gasteiger partial charge on any atom is 0.303 e. The van der Waals surface area contributed by atoms with Crippen molar-refractivity contribution in [1.29, 1.82) is 0 Å². The van der Waals surface area contributed by atoms with Crippen molar-refractivity contribution in [3.63, 3.8) is 0 Å². The first-order valence-corrected chi connectivity index (χ1v) is 12.0. The fourth-order valence-corrected chi connectivity index (χ4v) is 4.31. The van der Waals surface area contributed by atoms with Gasteiger partial charge in [0.15, 0.2) is 0 Å². The SMILES string of the molecule is CCCCCCCCCC1OC1CC1OC1CC1OC1CC=CCCCC(=O)O. The lowest BCUT2D eigenvalue weighted by molar-refractivity contribution is -0.137. The van der Waals surface area contributed by atoms with Crippen molar-refractivity contribution in [2.75, 3.05) is 0 Å². The molecule has 5 heteroatoms. The van der Waals surface area contributed by atoms with Gasteiger partial charge in [-0.3, -0.25) is 4.79 Å². The van der Waals surface area contributed by atoms with Crippen LogP contribution in [0.1, 0.15) is 96.8 Å². The average molecular weight is 409 g/mol. The summed E-state index contributed by atoms with van der Waals surface area (Å²) in [5.74, 6) is -0.719. The summed E-state index contributed by atoms with van der Waals surface area (Å²) in [6.07, 6.45) is 22.1. The van der Waals surface area contributed by atoms with Crippen LogP contribution < -0.4 is 0 Å². The van der Waals surface area contributed by atoms with Gasteiger partial charge >= 0.3 is 5.97 Å². The quantitative estimate of drug-likeness (QED) is 0.186. The minimum Gasteiger partial charge on any atom is -0.481 e. The predicted octanol–water partition coefficient (Wildman–Crippen LogP) is 5.41. The van der Waals surface area contributed by atoms with Gasteiger partial charge < -0.3 is 19.3 Å². The van der Waals surface area contributed by atoms with E-state index in [9.17, 15) is 4.79 Å². The van der Waals surface area contributed by atoms with Crippen LogP contribution in [0, 0.1) is 0 Å². The van der Waals surface area contributed by atoms with Crippen molar-refractivity contribution in [2.45, 2.75) is 133 Å². The van der Waals surface area contributed by atoms with Crippen LogP contribution in [0.4, 0.5) is 0 Å². The zero-order chi connectivity index (χ0) is 20.5. The van der Waals surface area contributed by atoms with E-state index < -0.39 is 5.97 Å². The molecule has 0 aliphatic carbocycles. The van der Waals surface area contributed by atoms with Gasteiger partial charge in [-0.05, 0) is 25.7 Å². The smallest absolute Gasteiger partial charge is 0.303 e. The molecule has 3 aliphatic rings. The highest BCUT2D eigenvalue weighted by atomic mass is 16.6.